The second kappa shape index (κ2) is 7.07. The van der Waals surface area contributed by atoms with Crippen molar-refractivity contribution in [3.63, 3.8) is 0 Å². The maximum atomic E-state index is 13.0. The maximum Gasteiger partial charge on any atom is 0.325 e. The Kier molecular flexibility index (Phi) is 4.44. The number of nitrogens with zero attached hydrogens (tertiary/aromatic N) is 5. The number of carbonyl (C=O) groups excluding carboxylic acids is 2. The van der Waals surface area contributed by atoms with Crippen LogP contribution in [0.5, 0.6) is 0 Å². The second-order valence-electron chi connectivity index (χ2n) is 6.59. The van der Waals surface area contributed by atoms with E-state index in [-0.39, 0.29) is 12.5 Å². The molecule has 8 heteroatoms. The number of tetrazole rings is 1. The highest BCUT2D eigenvalue weighted by atomic mass is 16.2. The summed E-state index contributed by atoms with van der Waals surface area (Å²) in [7, 11) is 0. The van der Waals surface area contributed by atoms with Crippen LogP contribution in [-0.4, -0.2) is 43.6 Å². The third-order valence-corrected chi connectivity index (χ3v) is 4.71. The molecule has 0 saturated carbocycles. The molecule has 3 aromatic rings. The summed E-state index contributed by atoms with van der Waals surface area (Å²) in [6.45, 7) is 1.90. The molecule has 2 aromatic carbocycles. The van der Waals surface area contributed by atoms with Gasteiger partial charge in [-0.15, -0.1) is 5.10 Å². The maximum absolute atomic E-state index is 13.0. The van der Waals surface area contributed by atoms with Crippen LogP contribution in [0.25, 0.3) is 11.8 Å². The lowest BCUT2D eigenvalue weighted by Gasteiger charge is -2.22. The summed E-state index contributed by atoms with van der Waals surface area (Å²) in [5, 5.41) is 13.9. The highest BCUT2D eigenvalue weighted by Gasteiger charge is 2.48. The highest BCUT2D eigenvalue weighted by molar-refractivity contribution is 6.07. The van der Waals surface area contributed by atoms with E-state index in [4.69, 9.17) is 0 Å². The highest BCUT2D eigenvalue weighted by Crippen LogP contribution is 2.29. The van der Waals surface area contributed by atoms with Gasteiger partial charge < -0.3 is 5.32 Å². The fourth-order valence-electron chi connectivity index (χ4n) is 3.16. The summed E-state index contributed by atoms with van der Waals surface area (Å²) in [6.07, 6.45) is 5.15. The molecule has 0 aliphatic carbocycles. The van der Waals surface area contributed by atoms with Gasteiger partial charge in [0.2, 0.25) is 0 Å². The Morgan fingerprint density at radius 2 is 1.93 bits per heavy atom. The van der Waals surface area contributed by atoms with Gasteiger partial charge in [-0.05, 0) is 40.6 Å². The molecule has 0 spiro atoms. The number of carbonyl (C=O) groups is 2. The summed E-state index contributed by atoms with van der Waals surface area (Å²) in [6, 6.07) is 16.5. The largest absolute Gasteiger partial charge is 0.325 e. The number of rotatable bonds is 5. The number of imide groups is 1. The third kappa shape index (κ3) is 3.16. The number of benzene rings is 2. The van der Waals surface area contributed by atoms with E-state index in [0.29, 0.717) is 11.3 Å². The van der Waals surface area contributed by atoms with E-state index < -0.39 is 11.6 Å². The average Bonchev–Trinajstić information content (AvgIpc) is 3.33. The van der Waals surface area contributed by atoms with Gasteiger partial charge in [0.1, 0.15) is 11.9 Å². The summed E-state index contributed by atoms with van der Waals surface area (Å²) >= 11 is 0. The predicted molar refractivity (Wildman–Crippen MR) is 102 cm³/mol. The Labute approximate surface area is 161 Å². The Balaban J connectivity index is 1.56. The smallest absolute Gasteiger partial charge is 0.319 e. The summed E-state index contributed by atoms with van der Waals surface area (Å²) in [4.78, 5) is 26.7. The Hall–Kier alpha value is -3.81. The first-order valence-electron chi connectivity index (χ1n) is 8.77. The summed E-state index contributed by atoms with van der Waals surface area (Å²) in [5.74, 6) is -0.302. The van der Waals surface area contributed by atoms with Gasteiger partial charge >= 0.3 is 6.03 Å². The van der Waals surface area contributed by atoms with Crippen molar-refractivity contribution in [1.29, 1.82) is 0 Å². The van der Waals surface area contributed by atoms with Crippen LogP contribution in [0.2, 0.25) is 0 Å². The molecule has 3 amide bonds. The van der Waals surface area contributed by atoms with E-state index >= 15 is 0 Å². The van der Waals surface area contributed by atoms with Crippen molar-refractivity contribution in [2.24, 2.45) is 0 Å². The number of nitrogens with one attached hydrogen (secondary N) is 1. The summed E-state index contributed by atoms with van der Waals surface area (Å²) < 4.78 is 1.49. The van der Waals surface area contributed by atoms with Crippen LogP contribution in [0.1, 0.15) is 18.1 Å². The first-order valence-corrected chi connectivity index (χ1v) is 8.77. The third-order valence-electron chi connectivity index (χ3n) is 4.71. The van der Waals surface area contributed by atoms with Crippen LogP contribution in [0.15, 0.2) is 67.0 Å². The minimum Gasteiger partial charge on any atom is -0.319 e. The van der Waals surface area contributed by atoms with Gasteiger partial charge in [0.05, 0.1) is 5.69 Å². The molecule has 2 heterocycles. The summed E-state index contributed by atoms with van der Waals surface area (Å²) in [5.41, 5.74) is 1.22. The van der Waals surface area contributed by atoms with Gasteiger partial charge in [0.15, 0.2) is 0 Å². The topological polar surface area (TPSA) is 93.0 Å². The quantitative estimate of drug-likeness (QED) is 0.691. The monoisotopic (exact) mass is 374 g/mol. The van der Waals surface area contributed by atoms with E-state index in [1.54, 1.807) is 31.2 Å². The first kappa shape index (κ1) is 17.6. The molecule has 1 saturated heterocycles. The molecular formula is C20H18N6O2. The minimum absolute atomic E-state index is 0.196. The van der Waals surface area contributed by atoms with Crippen LogP contribution in [-0.2, 0) is 10.3 Å². The fraction of sp³-hybridized carbons (Fsp3) is 0.150. The minimum atomic E-state index is -1.15. The van der Waals surface area contributed by atoms with Crippen LogP contribution >= 0.6 is 0 Å². The zero-order valence-electron chi connectivity index (χ0n) is 15.2. The fourth-order valence-corrected chi connectivity index (χ4v) is 3.16. The molecule has 1 aliphatic rings. The second-order valence-corrected chi connectivity index (χ2v) is 6.59. The molecule has 4 rings (SSSR count). The van der Waals surface area contributed by atoms with Crippen LogP contribution in [0, 0.1) is 0 Å². The van der Waals surface area contributed by atoms with Crippen molar-refractivity contribution >= 4 is 18.0 Å². The van der Waals surface area contributed by atoms with Gasteiger partial charge in [0.25, 0.3) is 5.91 Å². The molecule has 1 N–H and O–H groups in total. The zero-order valence-corrected chi connectivity index (χ0v) is 15.2. The van der Waals surface area contributed by atoms with Gasteiger partial charge in [-0.2, -0.15) is 0 Å². The Morgan fingerprint density at radius 3 is 2.68 bits per heavy atom. The first-order chi connectivity index (χ1) is 13.6. The lowest BCUT2D eigenvalue weighted by Crippen LogP contribution is -2.41. The number of urea groups is 1. The molecule has 28 heavy (non-hydrogen) atoms. The van der Waals surface area contributed by atoms with Crippen molar-refractivity contribution in [2.75, 3.05) is 6.54 Å². The Bertz CT molecular complexity index is 1030. The van der Waals surface area contributed by atoms with E-state index in [9.17, 15) is 9.59 Å². The van der Waals surface area contributed by atoms with E-state index in [1.165, 1.54) is 15.9 Å². The van der Waals surface area contributed by atoms with Crippen molar-refractivity contribution < 1.29 is 9.59 Å². The Morgan fingerprint density at radius 1 is 1.11 bits per heavy atom. The predicted octanol–water partition coefficient (Wildman–Crippen LogP) is 2.14. The lowest BCUT2D eigenvalue weighted by atomic mass is 9.91. The van der Waals surface area contributed by atoms with Crippen LogP contribution in [0.3, 0.4) is 0 Å². The SMILES string of the molecule is CC1(c2cccc(-n3cnnn3)c2)NC(=O)N(CC=Cc2ccccc2)C1=O. The zero-order chi connectivity index (χ0) is 19.6. The average molecular weight is 374 g/mol. The molecular weight excluding hydrogens is 356 g/mol. The molecule has 1 aliphatic heterocycles. The van der Waals surface area contributed by atoms with Gasteiger partial charge in [-0.25, -0.2) is 9.48 Å². The molecule has 1 atom stereocenters. The van der Waals surface area contributed by atoms with Crippen molar-refractivity contribution in [2.45, 2.75) is 12.5 Å². The number of amides is 3. The van der Waals surface area contributed by atoms with Crippen molar-refractivity contribution in [3.05, 3.63) is 78.1 Å². The molecule has 0 bridgehead atoms. The van der Waals surface area contributed by atoms with E-state index in [1.807, 2.05) is 42.5 Å². The van der Waals surface area contributed by atoms with Gasteiger partial charge in [0, 0.05) is 6.54 Å². The number of aromatic nitrogens is 4. The molecule has 8 nitrogen and oxygen atoms in total. The normalized spacial score (nSPS) is 19.4. The van der Waals surface area contributed by atoms with Gasteiger partial charge in [-0.3, -0.25) is 9.69 Å². The van der Waals surface area contributed by atoms with Gasteiger partial charge in [-0.1, -0.05) is 54.6 Å². The molecule has 1 aromatic heterocycles. The molecule has 140 valence electrons. The molecule has 1 unspecified atom stereocenters. The van der Waals surface area contributed by atoms with Crippen LogP contribution < -0.4 is 5.32 Å². The van der Waals surface area contributed by atoms with Crippen molar-refractivity contribution in [1.82, 2.24) is 30.4 Å². The molecule has 0 radical (unpaired) electrons. The molecule has 1 fully saturated rings. The number of hydrogen-bond donors (Lipinski definition) is 1. The standard InChI is InChI=1S/C20H18N6O2/c1-20(16-10-5-11-17(13-16)26-14-21-23-24-26)18(27)25(19(28)22-20)12-6-9-15-7-3-2-4-8-15/h2-11,13-14H,12H2,1H3,(H,22,28). The number of hydrogen-bond acceptors (Lipinski definition) is 5. The lowest BCUT2D eigenvalue weighted by molar-refractivity contribution is -0.130. The van der Waals surface area contributed by atoms with E-state index in [0.717, 1.165) is 5.56 Å². The van der Waals surface area contributed by atoms with Crippen LogP contribution in [0.4, 0.5) is 4.79 Å². The van der Waals surface area contributed by atoms with Crippen molar-refractivity contribution in [3.8, 4) is 5.69 Å². The van der Waals surface area contributed by atoms with E-state index in [2.05, 4.69) is 20.8 Å².